The zero-order chi connectivity index (χ0) is 14.2. The normalized spacial score (nSPS) is 16.7. The Kier molecular flexibility index (Phi) is 6.05. The van der Waals surface area contributed by atoms with Crippen LogP contribution in [0.25, 0.3) is 0 Å². The van der Waals surface area contributed by atoms with Crippen molar-refractivity contribution < 1.29 is 4.74 Å². The molecule has 0 amide bonds. The van der Waals surface area contributed by atoms with Gasteiger partial charge in [0.1, 0.15) is 12.1 Å². The predicted octanol–water partition coefficient (Wildman–Crippen LogP) is 2.52. The lowest BCUT2D eigenvalue weighted by molar-refractivity contribution is 0.393. The molecule has 0 unspecified atom stereocenters. The molecule has 1 aliphatic rings. The van der Waals surface area contributed by atoms with Gasteiger partial charge < -0.3 is 15.4 Å². The second-order valence-electron chi connectivity index (χ2n) is 5.43. The molecule has 5 nitrogen and oxygen atoms in total. The molecule has 112 valence electrons. The van der Waals surface area contributed by atoms with Crippen LogP contribution in [0.3, 0.4) is 0 Å². The third kappa shape index (κ3) is 4.34. The highest BCUT2D eigenvalue weighted by Crippen LogP contribution is 2.19. The van der Waals surface area contributed by atoms with Crippen LogP contribution in [0.5, 0.6) is 5.88 Å². The first-order valence-corrected chi connectivity index (χ1v) is 7.64. The fourth-order valence-corrected chi connectivity index (χ4v) is 2.76. The van der Waals surface area contributed by atoms with Gasteiger partial charge in [-0.25, -0.2) is 9.97 Å². The number of nitrogens with one attached hydrogen (secondary N) is 2. The van der Waals surface area contributed by atoms with Crippen molar-refractivity contribution in [3.05, 3.63) is 11.9 Å². The van der Waals surface area contributed by atoms with E-state index in [2.05, 4.69) is 20.6 Å². The molecule has 0 aliphatic heterocycles. The Morgan fingerprint density at radius 2 is 1.90 bits per heavy atom. The Hall–Kier alpha value is -1.36. The molecule has 0 bridgehead atoms. The quantitative estimate of drug-likeness (QED) is 0.618. The van der Waals surface area contributed by atoms with Crippen molar-refractivity contribution in [2.75, 3.05) is 25.5 Å². The summed E-state index contributed by atoms with van der Waals surface area (Å²) in [5.41, 5.74) is 0.962. The van der Waals surface area contributed by atoms with Crippen molar-refractivity contribution in [3.63, 3.8) is 0 Å². The van der Waals surface area contributed by atoms with Crippen molar-refractivity contribution in [1.82, 2.24) is 15.3 Å². The summed E-state index contributed by atoms with van der Waals surface area (Å²) in [5, 5.41) is 6.99. The molecular weight excluding hydrogens is 252 g/mol. The highest BCUT2D eigenvalue weighted by molar-refractivity contribution is 5.47. The SMILES string of the molecule is COc1ncnc(NCCNC2CCCCCC2)c1C. The van der Waals surface area contributed by atoms with Crippen molar-refractivity contribution in [1.29, 1.82) is 0 Å². The Balaban J connectivity index is 1.73. The van der Waals surface area contributed by atoms with Crippen LogP contribution in [-0.2, 0) is 0 Å². The second-order valence-corrected chi connectivity index (χ2v) is 5.43. The van der Waals surface area contributed by atoms with Crippen LogP contribution in [0.2, 0.25) is 0 Å². The number of hydrogen-bond acceptors (Lipinski definition) is 5. The van der Waals surface area contributed by atoms with Gasteiger partial charge in [-0.2, -0.15) is 0 Å². The van der Waals surface area contributed by atoms with Gasteiger partial charge in [0, 0.05) is 19.1 Å². The van der Waals surface area contributed by atoms with E-state index in [1.165, 1.54) is 44.9 Å². The van der Waals surface area contributed by atoms with Crippen molar-refractivity contribution in [3.8, 4) is 5.88 Å². The molecule has 0 saturated heterocycles. The van der Waals surface area contributed by atoms with Crippen LogP contribution in [0.1, 0.15) is 44.1 Å². The van der Waals surface area contributed by atoms with E-state index in [0.717, 1.165) is 24.5 Å². The second kappa shape index (κ2) is 8.04. The summed E-state index contributed by atoms with van der Waals surface area (Å²) in [6.07, 6.45) is 9.71. The summed E-state index contributed by atoms with van der Waals surface area (Å²) < 4.78 is 5.19. The van der Waals surface area contributed by atoms with Gasteiger partial charge in [-0.1, -0.05) is 25.7 Å². The van der Waals surface area contributed by atoms with Gasteiger partial charge in [-0.15, -0.1) is 0 Å². The first-order chi connectivity index (χ1) is 9.81. The standard InChI is InChI=1S/C15H26N4O/c1-12-14(18-11-19-15(12)20-2)17-10-9-16-13-7-5-3-4-6-8-13/h11,13,16H,3-10H2,1-2H3,(H,17,18,19). The number of anilines is 1. The minimum Gasteiger partial charge on any atom is -0.481 e. The van der Waals surface area contributed by atoms with E-state index < -0.39 is 0 Å². The smallest absolute Gasteiger partial charge is 0.221 e. The summed E-state index contributed by atoms with van der Waals surface area (Å²) in [4.78, 5) is 8.34. The lowest BCUT2D eigenvalue weighted by Gasteiger charge is -2.17. The number of methoxy groups -OCH3 is 1. The largest absolute Gasteiger partial charge is 0.481 e. The molecule has 1 saturated carbocycles. The minimum absolute atomic E-state index is 0.638. The first kappa shape index (κ1) is 15.0. The topological polar surface area (TPSA) is 59.1 Å². The molecule has 1 aliphatic carbocycles. The Labute approximate surface area is 121 Å². The maximum atomic E-state index is 5.19. The van der Waals surface area contributed by atoms with E-state index in [4.69, 9.17) is 4.74 Å². The predicted molar refractivity (Wildman–Crippen MR) is 81.3 cm³/mol. The summed E-state index contributed by atoms with van der Waals surface area (Å²) in [7, 11) is 1.63. The van der Waals surface area contributed by atoms with Gasteiger partial charge in [-0.05, 0) is 19.8 Å². The Bertz CT molecular complexity index is 403. The minimum atomic E-state index is 0.638. The summed E-state index contributed by atoms with van der Waals surface area (Å²) >= 11 is 0. The number of rotatable bonds is 6. The van der Waals surface area contributed by atoms with E-state index in [-0.39, 0.29) is 0 Å². The molecule has 1 aromatic rings. The molecule has 1 fully saturated rings. The average molecular weight is 278 g/mol. The summed E-state index contributed by atoms with van der Waals surface area (Å²) in [6.45, 7) is 3.81. The molecule has 2 rings (SSSR count). The van der Waals surface area contributed by atoms with Crippen molar-refractivity contribution >= 4 is 5.82 Å². The molecule has 1 heterocycles. The van der Waals surface area contributed by atoms with Gasteiger partial charge in [0.15, 0.2) is 0 Å². The molecule has 5 heteroatoms. The summed E-state index contributed by atoms with van der Waals surface area (Å²) in [5.74, 6) is 1.50. The van der Waals surface area contributed by atoms with Gasteiger partial charge in [0.2, 0.25) is 5.88 Å². The maximum Gasteiger partial charge on any atom is 0.221 e. The van der Waals surface area contributed by atoms with Crippen LogP contribution < -0.4 is 15.4 Å². The van der Waals surface area contributed by atoms with Crippen LogP contribution >= 0.6 is 0 Å². The molecule has 0 atom stereocenters. The summed E-state index contributed by atoms with van der Waals surface area (Å²) in [6, 6.07) is 0.695. The van der Waals surface area contributed by atoms with Crippen LogP contribution in [-0.4, -0.2) is 36.2 Å². The lowest BCUT2D eigenvalue weighted by atomic mass is 10.1. The van der Waals surface area contributed by atoms with E-state index in [1.54, 1.807) is 7.11 Å². The lowest BCUT2D eigenvalue weighted by Crippen LogP contribution is -2.32. The van der Waals surface area contributed by atoms with Crippen LogP contribution in [0.15, 0.2) is 6.33 Å². The third-order valence-electron chi connectivity index (χ3n) is 3.94. The van der Waals surface area contributed by atoms with Crippen LogP contribution in [0, 0.1) is 6.92 Å². The fourth-order valence-electron chi connectivity index (χ4n) is 2.76. The van der Waals surface area contributed by atoms with Gasteiger partial charge in [-0.3, -0.25) is 0 Å². The van der Waals surface area contributed by atoms with Gasteiger partial charge in [0.25, 0.3) is 0 Å². The zero-order valence-electron chi connectivity index (χ0n) is 12.6. The Morgan fingerprint density at radius 3 is 2.60 bits per heavy atom. The van der Waals surface area contributed by atoms with E-state index in [0.29, 0.717) is 11.9 Å². The van der Waals surface area contributed by atoms with Gasteiger partial charge >= 0.3 is 0 Å². The average Bonchev–Trinajstić information content (AvgIpc) is 2.74. The van der Waals surface area contributed by atoms with E-state index in [1.807, 2.05) is 6.92 Å². The van der Waals surface area contributed by atoms with Crippen LogP contribution in [0.4, 0.5) is 5.82 Å². The van der Waals surface area contributed by atoms with Crippen molar-refractivity contribution in [2.45, 2.75) is 51.5 Å². The highest BCUT2D eigenvalue weighted by atomic mass is 16.5. The fraction of sp³-hybridized carbons (Fsp3) is 0.733. The molecule has 1 aromatic heterocycles. The molecule has 0 aromatic carbocycles. The number of hydrogen-bond donors (Lipinski definition) is 2. The number of ether oxygens (including phenoxy) is 1. The first-order valence-electron chi connectivity index (χ1n) is 7.64. The van der Waals surface area contributed by atoms with Crippen molar-refractivity contribution in [2.24, 2.45) is 0 Å². The van der Waals surface area contributed by atoms with E-state index in [9.17, 15) is 0 Å². The molecular formula is C15H26N4O. The third-order valence-corrected chi connectivity index (χ3v) is 3.94. The number of nitrogens with zero attached hydrogens (tertiary/aromatic N) is 2. The molecule has 2 N–H and O–H groups in total. The Morgan fingerprint density at radius 1 is 1.15 bits per heavy atom. The zero-order valence-corrected chi connectivity index (χ0v) is 12.6. The number of aromatic nitrogens is 2. The maximum absolute atomic E-state index is 5.19. The highest BCUT2D eigenvalue weighted by Gasteiger charge is 2.11. The molecule has 0 radical (unpaired) electrons. The van der Waals surface area contributed by atoms with Gasteiger partial charge in [0.05, 0.1) is 12.7 Å². The molecule has 0 spiro atoms. The molecule has 20 heavy (non-hydrogen) atoms. The van der Waals surface area contributed by atoms with E-state index >= 15 is 0 Å². The monoisotopic (exact) mass is 278 g/mol.